The van der Waals surface area contributed by atoms with Crippen molar-refractivity contribution in [2.24, 2.45) is 0 Å². The second kappa shape index (κ2) is 7.89. The molecule has 0 unspecified atom stereocenters. The zero-order valence-corrected chi connectivity index (χ0v) is 15.7. The summed E-state index contributed by atoms with van der Waals surface area (Å²) in [7, 11) is 2.11. The summed E-state index contributed by atoms with van der Waals surface area (Å²) in [4.78, 5) is 25.2. The van der Waals surface area contributed by atoms with Crippen molar-refractivity contribution in [2.75, 3.05) is 38.1 Å². The lowest BCUT2D eigenvalue weighted by molar-refractivity contribution is 0.0945. The van der Waals surface area contributed by atoms with Crippen LogP contribution >= 0.6 is 22.6 Å². The zero-order valence-electron chi connectivity index (χ0n) is 13.6. The summed E-state index contributed by atoms with van der Waals surface area (Å²) in [5.74, 6) is 0.642. The predicted molar refractivity (Wildman–Crippen MR) is 102 cm³/mol. The first-order chi connectivity index (χ1) is 11.6. The lowest BCUT2D eigenvalue weighted by Gasteiger charge is -2.33. The molecule has 0 bridgehead atoms. The summed E-state index contributed by atoms with van der Waals surface area (Å²) >= 11 is 2.26. The molecule has 0 radical (unpaired) electrons. The number of piperazine rings is 1. The van der Waals surface area contributed by atoms with E-state index in [1.54, 1.807) is 6.07 Å². The highest BCUT2D eigenvalue weighted by atomic mass is 127. The van der Waals surface area contributed by atoms with Crippen molar-refractivity contribution in [1.29, 1.82) is 0 Å². The molecule has 1 fully saturated rings. The number of rotatable bonds is 4. The molecule has 2 heterocycles. The number of halogens is 1. The van der Waals surface area contributed by atoms with E-state index in [2.05, 4.69) is 54.7 Å². The first-order valence-corrected chi connectivity index (χ1v) is 8.98. The van der Waals surface area contributed by atoms with E-state index in [1.807, 2.05) is 24.3 Å². The Labute approximate surface area is 155 Å². The van der Waals surface area contributed by atoms with Crippen LogP contribution in [0.3, 0.4) is 0 Å². The topological polar surface area (TPSA) is 61.4 Å². The second-order valence-electron chi connectivity index (χ2n) is 5.86. The van der Waals surface area contributed by atoms with Gasteiger partial charge in [0.1, 0.15) is 17.8 Å². The summed E-state index contributed by atoms with van der Waals surface area (Å²) in [5, 5.41) is 2.91. The number of amides is 1. The first kappa shape index (κ1) is 17.1. The number of aromatic nitrogens is 2. The molecule has 1 amide bonds. The van der Waals surface area contributed by atoms with Crippen LogP contribution in [0.25, 0.3) is 0 Å². The summed E-state index contributed by atoms with van der Waals surface area (Å²) < 4.78 is 1.18. The lowest BCUT2D eigenvalue weighted by atomic mass is 10.2. The molecule has 1 aliphatic heterocycles. The van der Waals surface area contributed by atoms with Crippen LogP contribution in [-0.4, -0.2) is 54.0 Å². The monoisotopic (exact) mass is 437 g/mol. The van der Waals surface area contributed by atoms with Crippen LogP contribution in [0.1, 0.15) is 16.1 Å². The van der Waals surface area contributed by atoms with Gasteiger partial charge >= 0.3 is 0 Å². The summed E-state index contributed by atoms with van der Waals surface area (Å²) in [6, 6.07) is 9.85. The molecule has 1 aromatic heterocycles. The molecule has 0 saturated carbocycles. The molecule has 2 aromatic rings. The van der Waals surface area contributed by atoms with Gasteiger partial charge in [-0.1, -0.05) is 12.1 Å². The number of nitrogens with one attached hydrogen (secondary N) is 1. The van der Waals surface area contributed by atoms with Crippen molar-refractivity contribution in [1.82, 2.24) is 20.2 Å². The van der Waals surface area contributed by atoms with Gasteiger partial charge in [0, 0.05) is 42.4 Å². The maximum absolute atomic E-state index is 12.3. The second-order valence-corrected chi connectivity index (χ2v) is 7.11. The Morgan fingerprint density at radius 1 is 1.17 bits per heavy atom. The first-order valence-electron chi connectivity index (χ1n) is 7.90. The Morgan fingerprint density at radius 3 is 2.58 bits per heavy atom. The van der Waals surface area contributed by atoms with E-state index in [4.69, 9.17) is 0 Å². The Bertz CT molecular complexity index is 698. The molecular weight excluding hydrogens is 417 g/mol. The van der Waals surface area contributed by atoms with E-state index in [1.165, 1.54) is 9.90 Å². The molecule has 1 saturated heterocycles. The van der Waals surface area contributed by atoms with E-state index in [0.29, 0.717) is 12.2 Å². The van der Waals surface area contributed by atoms with Gasteiger partial charge in [-0.15, -0.1) is 0 Å². The van der Waals surface area contributed by atoms with Crippen LogP contribution in [-0.2, 0) is 6.54 Å². The third-order valence-corrected chi connectivity index (χ3v) is 4.80. The maximum Gasteiger partial charge on any atom is 0.270 e. The highest BCUT2D eigenvalue weighted by Crippen LogP contribution is 2.13. The standard InChI is InChI=1S/C17H20IN5O/c1-22-6-8-23(9-7-22)16-10-15(20-12-21-16)17(24)19-11-13-2-4-14(18)5-3-13/h2-5,10,12H,6-9,11H2,1H3,(H,19,24). The maximum atomic E-state index is 12.3. The largest absolute Gasteiger partial charge is 0.354 e. The fourth-order valence-electron chi connectivity index (χ4n) is 2.55. The smallest absolute Gasteiger partial charge is 0.270 e. The van der Waals surface area contributed by atoms with Crippen molar-refractivity contribution >= 4 is 34.3 Å². The normalized spacial score (nSPS) is 15.3. The number of likely N-dealkylation sites (N-methyl/N-ethyl adjacent to an activating group) is 1. The van der Waals surface area contributed by atoms with Crippen LogP contribution in [0.15, 0.2) is 36.7 Å². The average molecular weight is 437 g/mol. The third-order valence-electron chi connectivity index (χ3n) is 4.08. The number of hydrogen-bond donors (Lipinski definition) is 1. The molecular formula is C17H20IN5O. The van der Waals surface area contributed by atoms with Crippen LogP contribution in [0, 0.1) is 3.57 Å². The van der Waals surface area contributed by atoms with Crippen molar-refractivity contribution in [3.63, 3.8) is 0 Å². The van der Waals surface area contributed by atoms with Gasteiger partial charge in [-0.05, 0) is 47.3 Å². The molecule has 1 N–H and O–H groups in total. The van der Waals surface area contributed by atoms with E-state index >= 15 is 0 Å². The predicted octanol–water partition coefficient (Wildman–Crippen LogP) is 1.76. The molecule has 3 rings (SSSR count). The van der Waals surface area contributed by atoms with Crippen LogP contribution in [0.5, 0.6) is 0 Å². The van der Waals surface area contributed by atoms with E-state index in [9.17, 15) is 4.79 Å². The molecule has 0 atom stereocenters. The fraction of sp³-hybridized carbons (Fsp3) is 0.353. The molecule has 0 aliphatic carbocycles. The van der Waals surface area contributed by atoms with Crippen LogP contribution in [0.4, 0.5) is 5.82 Å². The van der Waals surface area contributed by atoms with E-state index < -0.39 is 0 Å². The fourth-order valence-corrected chi connectivity index (χ4v) is 2.91. The Balaban J connectivity index is 1.62. The van der Waals surface area contributed by atoms with Crippen molar-refractivity contribution in [3.8, 4) is 0 Å². The van der Waals surface area contributed by atoms with Gasteiger partial charge in [0.25, 0.3) is 5.91 Å². The highest BCUT2D eigenvalue weighted by molar-refractivity contribution is 14.1. The van der Waals surface area contributed by atoms with Gasteiger partial charge in [-0.3, -0.25) is 4.79 Å². The summed E-state index contributed by atoms with van der Waals surface area (Å²) in [5.41, 5.74) is 1.47. The average Bonchev–Trinajstić information content (AvgIpc) is 2.62. The molecule has 24 heavy (non-hydrogen) atoms. The minimum atomic E-state index is -0.175. The number of carbonyl (C=O) groups is 1. The zero-order chi connectivity index (χ0) is 16.9. The lowest BCUT2D eigenvalue weighted by Crippen LogP contribution is -2.44. The van der Waals surface area contributed by atoms with Crippen LogP contribution < -0.4 is 10.2 Å². The van der Waals surface area contributed by atoms with Gasteiger partial charge in [0.05, 0.1) is 0 Å². The van der Waals surface area contributed by atoms with Crippen molar-refractivity contribution < 1.29 is 4.79 Å². The molecule has 6 nitrogen and oxygen atoms in total. The number of benzene rings is 1. The Morgan fingerprint density at radius 2 is 1.88 bits per heavy atom. The van der Waals surface area contributed by atoms with Crippen LogP contribution in [0.2, 0.25) is 0 Å². The Kier molecular flexibility index (Phi) is 5.62. The summed E-state index contributed by atoms with van der Waals surface area (Å²) in [6.07, 6.45) is 1.47. The minimum Gasteiger partial charge on any atom is -0.354 e. The van der Waals surface area contributed by atoms with E-state index in [0.717, 1.165) is 37.6 Å². The number of nitrogens with zero attached hydrogens (tertiary/aromatic N) is 4. The molecule has 126 valence electrons. The molecule has 7 heteroatoms. The quantitative estimate of drug-likeness (QED) is 0.739. The minimum absolute atomic E-state index is 0.175. The number of carbonyl (C=O) groups excluding carboxylic acids is 1. The van der Waals surface area contributed by atoms with Crippen molar-refractivity contribution in [3.05, 3.63) is 51.5 Å². The summed E-state index contributed by atoms with van der Waals surface area (Å²) in [6.45, 7) is 4.31. The van der Waals surface area contributed by atoms with Gasteiger partial charge in [-0.2, -0.15) is 0 Å². The van der Waals surface area contributed by atoms with E-state index in [-0.39, 0.29) is 5.91 Å². The SMILES string of the molecule is CN1CCN(c2cc(C(=O)NCc3ccc(I)cc3)ncn2)CC1. The van der Waals surface area contributed by atoms with Gasteiger partial charge < -0.3 is 15.1 Å². The van der Waals surface area contributed by atoms with Gasteiger partial charge in [-0.25, -0.2) is 9.97 Å². The molecule has 0 spiro atoms. The van der Waals surface area contributed by atoms with Crippen molar-refractivity contribution in [2.45, 2.75) is 6.54 Å². The van der Waals surface area contributed by atoms with Gasteiger partial charge in [0.15, 0.2) is 0 Å². The third kappa shape index (κ3) is 4.41. The molecule has 1 aliphatic rings. The highest BCUT2D eigenvalue weighted by Gasteiger charge is 2.17. The Hall–Kier alpha value is -1.74. The number of hydrogen-bond acceptors (Lipinski definition) is 5. The molecule has 1 aromatic carbocycles. The van der Waals surface area contributed by atoms with Gasteiger partial charge in [0.2, 0.25) is 0 Å². The number of anilines is 1.